The van der Waals surface area contributed by atoms with Crippen LogP contribution in [0.2, 0.25) is 0 Å². The predicted molar refractivity (Wildman–Crippen MR) is 55.2 cm³/mol. The first-order valence-corrected chi connectivity index (χ1v) is 4.59. The molecule has 0 aliphatic rings. The number of primary amides is 2. The highest BCUT2D eigenvalue weighted by molar-refractivity contribution is 5.92. The summed E-state index contributed by atoms with van der Waals surface area (Å²) < 4.78 is 0. The largest absolute Gasteiger partial charge is 0.480 e. The van der Waals surface area contributed by atoms with E-state index in [0.717, 1.165) is 0 Å². The Kier molecular flexibility index (Phi) is 5.61. The van der Waals surface area contributed by atoms with Crippen LogP contribution in [0.15, 0.2) is 0 Å². The van der Waals surface area contributed by atoms with E-state index in [1.807, 2.05) is 5.32 Å². The SMILES string of the molecule is NC(=O)CC(N)C(=O)N[C@H](CC(N)=O)C(=O)O. The van der Waals surface area contributed by atoms with E-state index < -0.39 is 48.6 Å². The van der Waals surface area contributed by atoms with Crippen LogP contribution in [0, 0.1) is 0 Å². The number of nitrogens with two attached hydrogens (primary N) is 3. The molecule has 1 unspecified atom stereocenters. The average molecular weight is 246 g/mol. The third kappa shape index (κ3) is 6.10. The van der Waals surface area contributed by atoms with Crippen molar-refractivity contribution in [1.82, 2.24) is 5.32 Å². The number of hydrogen-bond acceptors (Lipinski definition) is 5. The highest BCUT2D eigenvalue weighted by Crippen LogP contribution is 1.95. The fourth-order valence-corrected chi connectivity index (χ4v) is 0.989. The molecular weight excluding hydrogens is 232 g/mol. The summed E-state index contributed by atoms with van der Waals surface area (Å²) in [5, 5.41) is 10.7. The van der Waals surface area contributed by atoms with Crippen molar-refractivity contribution in [3.63, 3.8) is 0 Å². The molecule has 0 rings (SSSR count). The molecule has 17 heavy (non-hydrogen) atoms. The van der Waals surface area contributed by atoms with Gasteiger partial charge in [0.2, 0.25) is 17.7 Å². The molecule has 0 saturated carbocycles. The van der Waals surface area contributed by atoms with Crippen molar-refractivity contribution in [2.45, 2.75) is 24.9 Å². The standard InChI is InChI=1S/C8H14N4O5/c9-3(1-5(10)13)7(15)12-4(8(16)17)2-6(11)14/h3-4H,1-2,9H2,(H2,10,13)(H2,11,14)(H,12,15)(H,16,17)/t3?,4-/m1/s1. The average Bonchev–Trinajstić information content (AvgIpc) is 2.14. The normalized spacial score (nSPS) is 13.5. The van der Waals surface area contributed by atoms with Gasteiger partial charge in [-0.2, -0.15) is 0 Å². The minimum atomic E-state index is -1.47. The van der Waals surface area contributed by atoms with Gasteiger partial charge in [0.1, 0.15) is 6.04 Å². The van der Waals surface area contributed by atoms with E-state index in [2.05, 4.69) is 0 Å². The number of carbonyl (C=O) groups excluding carboxylic acids is 3. The van der Waals surface area contributed by atoms with E-state index in [-0.39, 0.29) is 0 Å². The van der Waals surface area contributed by atoms with Crippen LogP contribution in [-0.2, 0) is 19.2 Å². The lowest BCUT2D eigenvalue weighted by Crippen LogP contribution is -2.50. The van der Waals surface area contributed by atoms with Crippen LogP contribution < -0.4 is 22.5 Å². The van der Waals surface area contributed by atoms with Gasteiger partial charge in [0.25, 0.3) is 0 Å². The zero-order chi connectivity index (χ0) is 13.6. The number of carbonyl (C=O) groups is 4. The molecule has 2 atom stereocenters. The van der Waals surface area contributed by atoms with Crippen molar-refractivity contribution in [3.05, 3.63) is 0 Å². The topological polar surface area (TPSA) is 179 Å². The second-order valence-corrected chi connectivity index (χ2v) is 3.35. The fraction of sp³-hybridized carbons (Fsp3) is 0.500. The first-order chi connectivity index (χ1) is 7.73. The van der Waals surface area contributed by atoms with Gasteiger partial charge in [0.15, 0.2) is 0 Å². The second-order valence-electron chi connectivity index (χ2n) is 3.35. The van der Waals surface area contributed by atoms with Crippen molar-refractivity contribution in [3.8, 4) is 0 Å². The number of amides is 3. The van der Waals surface area contributed by atoms with Crippen molar-refractivity contribution in [1.29, 1.82) is 0 Å². The summed E-state index contributed by atoms with van der Waals surface area (Å²) in [4.78, 5) is 43.0. The maximum absolute atomic E-state index is 11.3. The molecule has 0 fully saturated rings. The Morgan fingerprint density at radius 2 is 1.53 bits per heavy atom. The maximum Gasteiger partial charge on any atom is 0.326 e. The number of nitrogens with one attached hydrogen (secondary N) is 1. The lowest BCUT2D eigenvalue weighted by Gasteiger charge is -2.15. The van der Waals surface area contributed by atoms with Gasteiger partial charge in [-0.05, 0) is 0 Å². The van der Waals surface area contributed by atoms with Crippen LogP contribution >= 0.6 is 0 Å². The van der Waals surface area contributed by atoms with Crippen molar-refractivity contribution < 1.29 is 24.3 Å². The van der Waals surface area contributed by atoms with Crippen LogP contribution in [0.4, 0.5) is 0 Å². The van der Waals surface area contributed by atoms with Gasteiger partial charge in [0, 0.05) is 0 Å². The molecule has 0 aromatic rings. The van der Waals surface area contributed by atoms with E-state index in [9.17, 15) is 19.2 Å². The Hall–Kier alpha value is -2.16. The highest BCUT2D eigenvalue weighted by Gasteiger charge is 2.25. The first kappa shape index (κ1) is 14.8. The molecule has 3 amide bonds. The summed E-state index contributed by atoms with van der Waals surface area (Å²) >= 11 is 0. The molecule has 0 saturated heterocycles. The molecule has 0 heterocycles. The highest BCUT2D eigenvalue weighted by atomic mass is 16.4. The molecule has 8 N–H and O–H groups in total. The van der Waals surface area contributed by atoms with Crippen molar-refractivity contribution >= 4 is 23.7 Å². The molecule has 0 aliphatic heterocycles. The van der Waals surface area contributed by atoms with Gasteiger partial charge in [-0.25, -0.2) is 4.79 Å². The lowest BCUT2D eigenvalue weighted by atomic mass is 10.1. The molecular formula is C8H14N4O5. The minimum Gasteiger partial charge on any atom is -0.480 e. The predicted octanol–water partition coefficient (Wildman–Crippen LogP) is -3.37. The van der Waals surface area contributed by atoms with Gasteiger partial charge in [-0.15, -0.1) is 0 Å². The van der Waals surface area contributed by atoms with E-state index in [4.69, 9.17) is 22.3 Å². The van der Waals surface area contributed by atoms with Crippen LogP contribution in [0.25, 0.3) is 0 Å². The fourth-order valence-electron chi connectivity index (χ4n) is 0.989. The van der Waals surface area contributed by atoms with Gasteiger partial charge in [0.05, 0.1) is 18.9 Å². The zero-order valence-corrected chi connectivity index (χ0v) is 8.88. The second kappa shape index (κ2) is 6.43. The summed E-state index contributed by atoms with van der Waals surface area (Å²) in [7, 11) is 0. The maximum atomic E-state index is 11.3. The summed E-state index contributed by atoms with van der Waals surface area (Å²) in [5.41, 5.74) is 14.9. The lowest BCUT2D eigenvalue weighted by molar-refractivity contribution is -0.143. The van der Waals surface area contributed by atoms with E-state index in [1.165, 1.54) is 0 Å². The van der Waals surface area contributed by atoms with Crippen LogP contribution in [0.5, 0.6) is 0 Å². The summed E-state index contributed by atoms with van der Waals surface area (Å²) in [6.45, 7) is 0. The van der Waals surface area contributed by atoms with E-state index in [1.54, 1.807) is 0 Å². The smallest absolute Gasteiger partial charge is 0.326 e. The van der Waals surface area contributed by atoms with Gasteiger partial charge >= 0.3 is 5.97 Å². The molecule has 9 heteroatoms. The Labute approximate surface area is 96.3 Å². The van der Waals surface area contributed by atoms with Gasteiger partial charge < -0.3 is 27.6 Å². The van der Waals surface area contributed by atoms with Gasteiger partial charge in [-0.1, -0.05) is 0 Å². The number of hydrogen-bond donors (Lipinski definition) is 5. The van der Waals surface area contributed by atoms with Crippen LogP contribution in [0.3, 0.4) is 0 Å². The van der Waals surface area contributed by atoms with Crippen molar-refractivity contribution in [2.24, 2.45) is 17.2 Å². The minimum absolute atomic E-state index is 0.422. The van der Waals surface area contributed by atoms with Crippen LogP contribution in [0.1, 0.15) is 12.8 Å². The number of rotatable bonds is 7. The molecule has 0 aromatic heterocycles. The van der Waals surface area contributed by atoms with E-state index in [0.29, 0.717) is 0 Å². The number of carboxylic acid groups (broad SMARTS) is 1. The Morgan fingerprint density at radius 1 is 1.06 bits per heavy atom. The third-order valence-electron chi connectivity index (χ3n) is 1.78. The first-order valence-electron chi connectivity index (χ1n) is 4.59. The molecule has 0 aliphatic carbocycles. The summed E-state index contributed by atoms with van der Waals surface area (Å²) in [6.07, 6.45) is -0.987. The molecule has 0 aromatic carbocycles. The third-order valence-corrected chi connectivity index (χ3v) is 1.78. The quantitative estimate of drug-likeness (QED) is 0.313. The Bertz CT molecular complexity index is 343. The molecule has 9 nitrogen and oxygen atoms in total. The van der Waals surface area contributed by atoms with Crippen molar-refractivity contribution in [2.75, 3.05) is 0 Å². The molecule has 96 valence electrons. The van der Waals surface area contributed by atoms with E-state index >= 15 is 0 Å². The Morgan fingerprint density at radius 3 is 1.88 bits per heavy atom. The number of carboxylic acids is 1. The molecule has 0 radical (unpaired) electrons. The zero-order valence-electron chi connectivity index (χ0n) is 8.88. The summed E-state index contributed by atoms with van der Waals surface area (Å²) in [5.74, 6) is -4.00. The van der Waals surface area contributed by atoms with Crippen LogP contribution in [-0.4, -0.2) is 40.9 Å². The molecule has 0 spiro atoms. The monoisotopic (exact) mass is 246 g/mol. The molecule has 0 bridgehead atoms. The summed E-state index contributed by atoms with van der Waals surface area (Å²) in [6, 6.07) is -2.74. The Balaban J connectivity index is 4.44. The van der Waals surface area contributed by atoms with Gasteiger partial charge in [-0.3, -0.25) is 14.4 Å². The number of aliphatic carboxylic acids is 1.